The second-order valence-corrected chi connectivity index (χ2v) is 10.4. The van der Waals surface area contributed by atoms with Crippen LogP contribution in [0, 0.1) is 6.92 Å². The van der Waals surface area contributed by atoms with Crippen LogP contribution in [0.2, 0.25) is 0 Å². The van der Waals surface area contributed by atoms with Crippen LogP contribution in [-0.2, 0) is 26.6 Å². The Labute approximate surface area is 171 Å². The van der Waals surface area contributed by atoms with Crippen LogP contribution in [0.5, 0.6) is 0 Å². The number of hydrogen-bond acceptors (Lipinski definition) is 5. The topological polar surface area (TPSA) is 121 Å². The van der Waals surface area contributed by atoms with Gasteiger partial charge in [0.05, 0.1) is 9.79 Å². The van der Waals surface area contributed by atoms with Crippen molar-refractivity contribution in [3.63, 3.8) is 0 Å². The average molecular weight is 440 g/mol. The molecule has 29 heavy (non-hydrogen) atoms. The number of sulfonamides is 2. The molecule has 0 saturated heterocycles. The van der Waals surface area contributed by atoms with Crippen LogP contribution in [-0.4, -0.2) is 35.8 Å². The summed E-state index contributed by atoms with van der Waals surface area (Å²) in [4.78, 5) is 12.7. The number of benzene rings is 2. The predicted molar refractivity (Wildman–Crippen MR) is 110 cm³/mol. The third kappa shape index (κ3) is 5.86. The lowest BCUT2D eigenvalue weighted by atomic mass is 10.1. The molecule has 0 bridgehead atoms. The number of nitrogens with one attached hydrogen (secondary N) is 3. The smallest absolute Gasteiger partial charge is 0.251 e. The molecule has 0 aliphatic rings. The van der Waals surface area contributed by atoms with Crippen LogP contribution in [0.15, 0.2) is 52.3 Å². The maximum absolute atomic E-state index is 12.6. The van der Waals surface area contributed by atoms with Gasteiger partial charge in [-0.2, -0.15) is 0 Å². The van der Waals surface area contributed by atoms with Gasteiger partial charge < -0.3 is 5.32 Å². The second kappa shape index (κ2) is 9.04. The third-order valence-corrected chi connectivity index (χ3v) is 7.15. The van der Waals surface area contributed by atoms with E-state index in [2.05, 4.69) is 14.8 Å². The average Bonchev–Trinajstić information content (AvgIpc) is 2.65. The summed E-state index contributed by atoms with van der Waals surface area (Å²) in [7, 11) is -6.02. The van der Waals surface area contributed by atoms with E-state index in [1.807, 2.05) is 0 Å². The SMILES string of the molecule is CNS(=O)(=O)c1ccc(C)c(C(=O)NCc2cccc(S(=O)(=O)NC(C)C)c2)c1. The minimum atomic E-state index is -3.67. The van der Waals surface area contributed by atoms with Crippen molar-refractivity contribution in [2.75, 3.05) is 7.05 Å². The predicted octanol–water partition coefficient (Wildman–Crippen LogP) is 1.52. The summed E-state index contributed by atoms with van der Waals surface area (Å²) in [6.07, 6.45) is 0. The fourth-order valence-electron chi connectivity index (χ4n) is 2.61. The molecule has 0 aromatic heterocycles. The van der Waals surface area contributed by atoms with Gasteiger partial charge in [-0.25, -0.2) is 26.3 Å². The van der Waals surface area contributed by atoms with Gasteiger partial charge >= 0.3 is 0 Å². The summed E-state index contributed by atoms with van der Waals surface area (Å²) in [5.41, 5.74) is 1.45. The van der Waals surface area contributed by atoms with Gasteiger partial charge in [-0.05, 0) is 63.2 Å². The van der Waals surface area contributed by atoms with Gasteiger partial charge in [-0.1, -0.05) is 18.2 Å². The Morgan fingerprint density at radius 2 is 1.62 bits per heavy atom. The summed E-state index contributed by atoms with van der Waals surface area (Å²) in [6, 6.07) is 10.3. The molecule has 2 aromatic rings. The minimum absolute atomic E-state index is 0.0106. The highest BCUT2D eigenvalue weighted by Crippen LogP contribution is 2.16. The van der Waals surface area contributed by atoms with Gasteiger partial charge in [-0.15, -0.1) is 0 Å². The molecule has 0 unspecified atom stereocenters. The largest absolute Gasteiger partial charge is 0.348 e. The molecule has 158 valence electrons. The van der Waals surface area contributed by atoms with E-state index in [9.17, 15) is 21.6 Å². The van der Waals surface area contributed by atoms with Crippen LogP contribution < -0.4 is 14.8 Å². The van der Waals surface area contributed by atoms with Crippen molar-refractivity contribution in [2.45, 2.75) is 43.1 Å². The zero-order chi connectivity index (χ0) is 21.8. The molecule has 8 nitrogen and oxygen atoms in total. The molecular weight excluding hydrogens is 414 g/mol. The van der Waals surface area contributed by atoms with E-state index in [1.165, 1.54) is 31.3 Å². The molecule has 0 atom stereocenters. The van der Waals surface area contributed by atoms with E-state index >= 15 is 0 Å². The van der Waals surface area contributed by atoms with Gasteiger partial charge in [0.25, 0.3) is 5.91 Å². The molecule has 2 aromatic carbocycles. The van der Waals surface area contributed by atoms with Crippen LogP contribution in [0.3, 0.4) is 0 Å². The van der Waals surface area contributed by atoms with Crippen molar-refractivity contribution in [2.24, 2.45) is 0 Å². The van der Waals surface area contributed by atoms with Crippen molar-refractivity contribution in [1.82, 2.24) is 14.8 Å². The Hall–Kier alpha value is -2.27. The lowest BCUT2D eigenvalue weighted by Crippen LogP contribution is -2.30. The molecule has 0 aliphatic heterocycles. The summed E-state index contributed by atoms with van der Waals surface area (Å²) < 4.78 is 53.3. The van der Waals surface area contributed by atoms with Crippen molar-refractivity contribution in [3.05, 3.63) is 59.2 Å². The van der Waals surface area contributed by atoms with Crippen molar-refractivity contribution in [1.29, 1.82) is 0 Å². The molecule has 3 N–H and O–H groups in total. The van der Waals surface area contributed by atoms with Crippen molar-refractivity contribution in [3.8, 4) is 0 Å². The summed E-state index contributed by atoms with van der Waals surface area (Å²) in [5, 5.41) is 2.70. The van der Waals surface area contributed by atoms with Gasteiger partial charge in [0.15, 0.2) is 0 Å². The maximum Gasteiger partial charge on any atom is 0.251 e. The molecule has 0 spiro atoms. The Bertz CT molecular complexity index is 1110. The summed E-state index contributed by atoms with van der Waals surface area (Å²) in [6.45, 7) is 5.25. The van der Waals surface area contributed by atoms with E-state index in [-0.39, 0.29) is 27.9 Å². The highest BCUT2D eigenvalue weighted by Gasteiger charge is 2.18. The molecule has 0 fully saturated rings. The second-order valence-electron chi connectivity index (χ2n) is 6.79. The lowest BCUT2D eigenvalue weighted by molar-refractivity contribution is 0.0950. The molecule has 0 radical (unpaired) electrons. The molecule has 0 heterocycles. The fourth-order valence-corrected chi connectivity index (χ4v) is 4.69. The third-order valence-electron chi connectivity index (χ3n) is 4.09. The van der Waals surface area contributed by atoms with Crippen LogP contribution in [0.1, 0.15) is 35.3 Å². The van der Waals surface area contributed by atoms with Crippen LogP contribution in [0.4, 0.5) is 0 Å². The minimum Gasteiger partial charge on any atom is -0.348 e. The summed E-state index contributed by atoms with van der Waals surface area (Å²) >= 11 is 0. The molecule has 1 amide bonds. The first-order chi connectivity index (χ1) is 13.5. The zero-order valence-corrected chi connectivity index (χ0v) is 18.3. The number of aryl methyl sites for hydroxylation is 1. The normalized spacial score (nSPS) is 12.2. The Morgan fingerprint density at radius 1 is 0.966 bits per heavy atom. The number of amides is 1. The first-order valence-corrected chi connectivity index (χ1v) is 11.9. The Balaban J connectivity index is 2.20. The monoisotopic (exact) mass is 439 g/mol. The quantitative estimate of drug-likeness (QED) is 0.576. The van der Waals surface area contributed by atoms with E-state index in [0.717, 1.165) is 0 Å². The van der Waals surface area contributed by atoms with Crippen LogP contribution in [0.25, 0.3) is 0 Å². The molecule has 10 heteroatoms. The van der Waals surface area contributed by atoms with E-state index in [0.29, 0.717) is 11.1 Å². The first-order valence-electron chi connectivity index (χ1n) is 8.90. The van der Waals surface area contributed by atoms with Crippen LogP contribution >= 0.6 is 0 Å². The van der Waals surface area contributed by atoms with Gasteiger partial charge in [0.2, 0.25) is 20.0 Å². The molecular formula is C19H25N3O5S2. The fraction of sp³-hybridized carbons (Fsp3) is 0.316. The van der Waals surface area contributed by atoms with E-state index in [4.69, 9.17) is 0 Å². The van der Waals surface area contributed by atoms with Gasteiger partial charge in [-0.3, -0.25) is 4.79 Å². The maximum atomic E-state index is 12.6. The van der Waals surface area contributed by atoms with E-state index < -0.39 is 26.0 Å². The standard InChI is InChI=1S/C19H25N3O5S2/c1-13(2)22-29(26,27)16-7-5-6-15(10-16)12-21-19(23)18-11-17(9-8-14(18)3)28(24,25)20-4/h5-11,13,20,22H,12H2,1-4H3,(H,21,23). The highest BCUT2D eigenvalue weighted by molar-refractivity contribution is 7.89. The van der Waals surface area contributed by atoms with Gasteiger partial charge in [0.1, 0.15) is 0 Å². The lowest BCUT2D eigenvalue weighted by Gasteiger charge is -2.12. The Kier molecular flexibility index (Phi) is 7.17. The number of carbonyl (C=O) groups excluding carboxylic acids is 1. The highest BCUT2D eigenvalue weighted by atomic mass is 32.2. The molecule has 0 aliphatic carbocycles. The summed E-state index contributed by atoms with van der Waals surface area (Å²) in [5.74, 6) is -0.454. The van der Waals surface area contributed by atoms with E-state index in [1.54, 1.807) is 39.0 Å². The van der Waals surface area contributed by atoms with Crippen molar-refractivity contribution < 1.29 is 21.6 Å². The van der Waals surface area contributed by atoms with Crippen molar-refractivity contribution >= 4 is 26.0 Å². The van der Waals surface area contributed by atoms with Gasteiger partial charge in [0, 0.05) is 18.2 Å². The number of carbonyl (C=O) groups is 1. The Morgan fingerprint density at radius 3 is 2.24 bits per heavy atom. The first kappa shape index (κ1) is 23.0. The number of rotatable bonds is 8. The number of hydrogen-bond donors (Lipinski definition) is 3. The molecule has 0 saturated carbocycles. The molecule has 2 rings (SSSR count). The zero-order valence-electron chi connectivity index (χ0n) is 16.7.